The maximum atomic E-state index is 13.5. The van der Waals surface area contributed by atoms with Crippen LogP contribution in [0.1, 0.15) is 56.1 Å². The number of ether oxygens (including phenoxy) is 1. The Morgan fingerprint density at radius 1 is 1.22 bits per heavy atom. The average molecular weight is 623 g/mol. The third-order valence-corrected chi connectivity index (χ3v) is 11.2. The third kappa shape index (κ3) is 6.66. The maximum absolute atomic E-state index is 13.5. The summed E-state index contributed by atoms with van der Waals surface area (Å²) in [4.78, 5) is 48.5. The van der Waals surface area contributed by atoms with E-state index >= 15 is 0 Å². The Morgan fingerprint density at radius 2 is 2.02 bits per heavy atom. The highest BCUT2D eigenvalue weighted by atomic mass is 32.2. The van der Waals surface area contributed by atoms with E-state index in [0.29, 0.717) is 22.3 Å². The van der Waals surface area contributed by atoms with Crippen LogP contribution in [-0.4, -0.2) is 82.8 Å². The molecule has 1 aliphatic heterocycles. The van der Waals surface area contributed by atoms with E-state index in [4.69, 9.17) is 9.26 Å². The maximum Gasteiger partial charge on any atom is 0.397 e. The molecular weight excluding hydrogens is 593 g/mol. The smallest absolute Gasteiger partial charge is 0.397 e. The summed E-state index contributed by atoms with van der Waals surface area (Å²) in [6, 6.07) is 2.21. The fraction of sp³-hybridized carbons (Fsp3) is 0.520. The van der Waals surface area contributed by atoms with Gasteiger partial charge in [0, 0.05) is 24.7 Å². The number of hydrogen-bond acceptors (Lipinski definition) is 12. The summed E-state index contributed by atoms with van der Waals surface area (Å²) in [5.41, 5.74) is 0. The standard InChI is InChI=1S/C25H30N6O7S3/c1-2-37-24(34)23-27-21(29-38-23)18-8-9-20(40-18)41(35,36)30-11-12-31(19(32)15-30)17(14-16-6-4-3-5-7-16)22(33)28-25-26-10-13-39-25/h8-10,13,16-17H,2-7,11-12,14-15H2,1H3,(H,26,28,33)/t17-/m0/s1. The first-order valence-electron chi connectivity index (χ1n) is 13.4. The van der Waals surface area contributed by atoms with Gasteiger partial charge in [-0.05, 0) is 31.4 Å². The molecule has 3 aromatic heterocycles. The molecule has 0 radical (unpaired) electrons. The molecule has 0 unspecified atom stereocenters. The van der Waals surface area contributed by atoms with E-state index in [1.807, 2.05) is 0 Å². The van der Waals surface area contributed by atoms with Crippen LogP contribution < -0.4 is 5.32 Å². The average Bonchev–Trinajstić information content (AvgIpc) is 3.75. The number of nitrogens with zero attached hydrogens (tertiary/aromatic N) is 5. The zero-order chi connectivity index (χ0) is 29.0. The van der Waals surface area contributed by atoms with Crippen molar-refractivity contribution in [2.75, 3.05) is 31.6 Å². The van der Waals surface area contributed by atoms with Crippen LogP contribution in [0.4, 0.5) is 5.13 Å². The number of hydrogen-bond donors (Lipinski definition) is 1. The minimum atomic E-state index is -4.02. The van der Waals surface area contributed by atoms with Crippen molar-refractivity contribution in [1.82, 2.24) is 24.3 Å². The lowest BCUT2D eigenvalue weighted by atomic mass is 9.84. The first-order chi connectivity index (χ1) is 19.8. The number of sulfonamides is 1. The highest BCUT2D eigenvalue weighted by Gasteiger charge is 2.40. The van der Waals surface area contributed by atoms with Gasteiger partial charge in [-0.2, -0.15) is 9.29 Å². The Kier molecular flexibility index (Phi) is 9.11. The van der Waals surface area contributed by atoms with E-state index in [0.717, 1.165) is 41.3 Å². The Balaban J connectivity index is 1.28. The first-order valence-corrected chi connectivity index (χ1v) is 16.5. The van der Waals surface area contributed by atoms with Crippen LogP contribution in [0.2, 0.25) is 0 Å². The second-order valence-corrected chi connectivity index (χ2v) is 13.9. The number of rotatable bonds is 10. The Hall–Kier alpha value is -3.21. The molecule has 1 saturated heterocycles. The van der Waals surface area contributed by atoms with Gasteiger partial charge in [0.1, 0.15) is 10.3 Å². The zero-order valence-corrected chi connectivity index (χ0v) is 24.8. The molecule has 13 nitrogen and oxygen atoms in total. The van der Waals surface area contributed by atoms with Crippen LogP contribution in [-0.2, 0) is 24.3 Å². The highest BCUT2D eigenvalue weighted by molar-refractivity contribution is 7.91. The third-order valence-electron chi connectivity index (χ3n) is 7.12. The molecule has 1 saturated carbocycles. The van der Waals surface area contributed by atoms with Crippen molar-refractivity contribution in [3.63, 3.8) is 0 Å². The molecule has 16 heteroatoms. The van der Waals surface area contributed by atoms with E-state index in [1.165, 1.54) is 34.8 Å². The molecule has 4 heterocycles. The molecule has 2 aliphatic rings. The number of amides is 2. The van der Waals surface area contributed by atoms with Gasteiger partial charge < -0.3 is 19.5 Å². The number of carbonyl (C=O) groups is 3. The van der Waals surface area contributed by atoms with E-state index < -0.39 is 27.9 Å². The number of anilines is 1. The van der Waals surface area contributed by atoms with Gasteiger partial charge >= 0.3 is 11.9 Å². The zero-order valence-electron chi connectivity index (χ0n) is 22.4. The van der Waals surface area contributed by atoms with Crippen molar-refractivity contribution >= 4 is 55.6 Å². The lowest BCUT2D eigenvalue weighted by Gasteiger charge is -2.39. The molecular formula is C25H30N6O7S3. The molecule has 0 bridgehead atoms. The SMILES string of the molecule is CCOC(=O)c1nc(-c2ccc(S(=O)(=O)N3CCN([C@@H](CC4CCCCC4)C(=O)Nc4nccs4)C(=O)C3)s2)no1. The largest absolute Gasteiger partial charge is 0.459 e. The number of thiazole rings is 1. The number of esters is 1. The minimum Gasteiger partial charge on any atom is -0.459 e. The summed E-state index contributed by atoms with van der Waals surface area (Å²) in [6.07, 6.45) is 7.51. The van der Waals surface area contributed by atoms with Gasteiger partial charge in [-0.25, -0.2) is 18.2 Å². The number of aromatic nitrogens is 3. The van der Waals surface area contributed by atoms with Crippen molar-refractivity contribution in [3.05, 3.63) is 29.6 Å². The van der Waals surface area contributed by atoms with Crippen LogP contribution in [0.3, 0.4) is 0 Å². The number of carbonyl (C=O) groups excluding carboxylic acids is 3. The Morgan fingerprint density at radius 3 is 2.73 bits per heavy atom. The number of piperazine rings is 1. The predicted octanol–water partition coefficient (Wildman–Crippen LogP) is 3.24. The topological polar surface area (TPSA) is 165 Å². The monoisotopic (exact) mass is 622 g/mol. The molecule has 1 aliphatic carbocycles. The van der Waals surface area contributed by atoms with E-state index in [2.05, 4.69) is 20.4 Å². The van der Waals surface area contributed by atoms with Gasteiger partial charge in [0.15, 0.2) is 5.13 Å². The molecule has 1 atom stereocenters. The van der Waals surface area contributed by atoms with Crippen LogP contribution in [0.25, 0.3) is 10.7 Å². The number of nitrogens with one attached hydrogen (secondary N) is 1. The van der Waals surface area contributed by atoms with Crippen LogP contribution in [0.15, 0.2) is 32.4 Å². The normalized spacial score (nSPS) is 17.9. The van der Waals surface area contributed by atoms with Crippen molar-refractivity contribution in [3.8, 4) is 10.7 Å². The Labute approximate surface area is 244 Å². The summed E-state index contributed by atoms with van der Waals surface area (Å²) in [5.74, 6) is -1.46. The predicted molar refractivity (Wildman–Crippen MR) is 150 cm³/mol. The molecule has 0 aromatic carbocycles. The fourth-order valence-corrected chi connectivity index (χ4v) is 8.39. The first kappa shape index (κ1) is 29.3. The van der Waals surface area contributed by atoms with Gasteiger partial charge in [0.25, 0.3) is 10.0 Å². The molecule has 41 heavy (non-hydrogen) atoms. The van der Waals surface area contributed by atoms with E-state index in [9.17, 15) is 22.8 Å². The van der Waals surface area contributed by atoms with Gasteiger partial charge in [-0.3, -0.25) is 9.59 Å². The molecule has 1 N–H and O–H groups in total. The molecule has 2 amide bonds. The van der Waals surface area contributed by atoms with Gasteiger partial charge in [0.2, 0.25) is 17.6 Å². The van der Waals surface area contributed by atoms with Gasteiger partial charge in [-0.1, -0.05) is 37.3 Å². The second kappa shape index (κ2) is 12.8. The quantitative estimate of drug-likeness (QED) is 0.332. The van der Waals surface area contributed by atoms with Gasteiger partial charge in [-0.15, -0.1) is 22.7 Å². The second-order valence-electron chi connectivity index (χ2n) is 9.77. The molecule has 3 aromatic rings. The van der Waals surface area contributed by atoms with Crippen LogP contribution in [0.5, 0.6) is 0 Å². The minimum absolute atomic E-state index is 0.00324. The van der Waals surface area contributed by atoms with Crippen molar-refractivity contribution in [1.29, 1.82) is 0 Å². The van der Waals surface area contributed by atoms with Crippen molar-refractivity contribution in [2.45, 2.75) is 55.7 Å². The van der Waals surface area contributed by atoms with E-state index in [1.54, 1.807) is 18.5 Å². The molecule has 0 spiro atoms. The molecule has 5 rings (SSSR count). The summed E-state index contributed by atoms with van der Waals surface area (Å²) in [6.45, 7) is 1.54. The summed E-state index contributed by atoms with van der Waals surface area (Å²) in [7, 11) is -4.02. The van der Waals surface area contributed by atoms with E-state index in [-0.39, 0.29) is 48.1 Å². The lowest BCUT2D eigenvalue weighted by molar-refractivity contribution is -0.142. The fourth-order valence-electron chi connectivity index (χ4n) is 5.09. The van der Waals surface area contributed by atoms with Gasteiger partial charge in [0.05, 0.1) is 18.0 Å². The lowest BCUT2D eigenvalue weighted by Crippen LogP contribution is -2.58. The molecule has 2 fully saturated rings. The van der Waals surface area contributed by atoms with Crippen LogP contribution >= 0.6 is 22.7 Å². The van der Waals surface area contributed by atoms with Crippen molar-refractivity contribution < 1.29 is 32.1 Å². The van der Waals surface area contributed by atoms with Crippen LogP contribution in [0, 0.1) is 5.92 Å². The Bertz CT molecular complexity index is 1480. The number of thiophene rings is 1. The molecule has 220 valence electrons. The van der Waals surface area contributed by atoms with Crippen molar-refractivity contribution in [2.24, 2.45) is 5.92 Å². The summed E-state index contributed by atoms with van der Waals surface area (Å²) in [5, 5.41) is 8.79. The summed E-state index contributed by atoms with van der Waals surface area (Å²) >= 11 is 2.20. The summed E-state index contributed by atoms with van der Waals surface area (Å²) < 4.78 is 37.8. The highest BCUT2D eigenvalue weighted by Crippen LogP contribution is 2.33.